The van der Waals surface area contributed by atoms with Crippen LogP contribution in [0.15, 0.2) is 88.3 Å². The highest BCUT2D eigenvalue weighted by Crippen LogP contribution is 2.25. The Balaban J connectivity index is 1.59. The van der Waals surface area contributed by atoms with Crippen LogP contribution >= 0.6 is 0 Å². The molecule has 0 aliphatic rings. The lowest BCUT2D eigenvalue weighted by molar-refractivity contribution is -0.131. The van der Waals surface area contributed by atoms with Gasteiger partial charge in [-0.1, -0.05) is 48.5 Å². The summed E-state index contributed by atoms with van der Waals surface area (Å²) >= 11 is 0. The molecule has 0 N–H and O–H groups in total. The van der Waals surface area contributed by atoms with Crippen molar-refractivity contribution in [2.45, 2.75) is 13.5 Å². The maximum absolute atomic E-state index is 12.8. The molecule has 144 valence electrons. The molecule has 0 fully saturated rings. The van der Waals surface area contributed by atoms with Gasteiger partial charge in [0.25, 0.3) is 0 Å². The normalized spacial score (nSPS) is 10.7. The summed E-state index contributed by atoms with van der Waals surface area (Å²) < 4.78 is 16.7. The van der Waals surface area contributed by atoms with Gasteiger partial charge >= 0.3 is 5.97 Å². The number of carbonyl (C=O) groups excluding carboxylic acids is 1. The van der Waals surface area contributed by atoms with Crippen LogP contribution in [0.3, 0.4) is 0 Å². The second kappa shape index (κ2) is 8.02. The van der Waals surface area contributed by atoms with Crippen molar-refractivity contribution in [1.82, 2.24) is 0 Å². The third kappa shape index (κ3) is 4.04. The van der Waals surface area contributed by atoms with E-state index in [-0.39, 0.29) is 18.0 Å². The van der Waals surface area contributed by atoms with Gasteiger partial charge in [0, 0.05) is 18.6 Å². The highest BCUT2D eigenvalue weighted by molar-refractivity contribution is 5.82. The Kier molecular flexibility index (Phi) is 5.12. The number of hydrogen-bond donors (Lipinski definition) is 0. The number of carbonyl (C=O) groups is 1. The van der Waals surface area contributed by atoms with Gasteiger partial charge in [0.2, 0.25) is 0 Å². The molecule has 4 rings (SSSR count). The summed E-state index contributed by atoms with van der Waals surface area (Å²) in [7, 11) is 0. The van der Waals surface area contributed by atoms with Crippen LogP contribution in [0.4, 0.5) is 0 Å². The van der Waals surface area contributed by atoms with Crippen molar-refractivity contribution < 1.29 is 18.7 Å². The molecule has 0 saturated carbocycles. The lowest BCUT2D eigenvalue weighted by atomic mass is 10.1. The van der Waals surface area contributed by atoms with Crippen LogP contribution in [0.2, 0.25) is 0 Å². The SMILES string of the molecule is CC(=O)Oc1ccccc1COc1ccc2c(=O)c(-c3ccccc3)coc2c1. The van der Waals surface area contributed by atoms with Crippen LogP contribution in [0.25, 0.3) is 22.1 Å². The minimum absolute atomic E-state index is 0.0933. The molecular formula is C24H18O5. The van der Waals surface area contributed by atoms with E-state index in [9.17, 15) is 9.59 Å². The number of fused-ring (bicyclic) bond motifs is 1. The minimum Gasteiger partial charge on any atom is -0.489 e. The first kappa shape index (κ1) is 18.5. The minimum atomic E-state index is -0.390. The van der Waals surface area contributed by atoms with E-state index in [0.29, 0.717) is 28.0 Å². The van der Waals surface area contributed by atoms with E-state index in [1.54, 1.807) is 30.3 Å². The molecule has 0 saturated heterocycles. The van der Waals surface area contributed by atoms with E-state index in [1.165, 1.54) is 13.2 Å². The van der Waals surface area contributed by atoms with Gasteiger partial charge in [-0.15, -0.1) is 0 Å². The topological polar surface area (TPSA) is 65.7 Å². The summed E-state index contributed by atoms with van der Waals surface area (Å²) in [5, 5.41) is 0.485. The predicted octanol–water partition coefficient (Wildman–Crippen LogP) is 4.96. The van der Waals surface area contributed by atoms with Crippen molar-refractivity contribution in [3.05, 3.63) is 94.8 Å². The zero-order chi connectivity index (χ0) is 20.2. The second-order valence-electron chi connectivity index (χ2n) is 6.49. The third-order valence-corrected chi connectivity index (χ3v) is 4.45. The van der Waals surface area contributed by atoms with Crippen molar-refractivity contribution in [2.24, 2.45) is 0 Å². The fourth-order valence-electron chi connectivity index (χ4n) is 3.05. The Bertz CT molecular complexity index is 1220. The number of rotatable bonds is 5. The van der Waals surface area contributed by atoms with E-state index in [2.05, 4.69) is 0 Å². The molecule has 0 unspecified atom stereocenters. The van der Waals surface area contributed by atoms with Gasteiger partial charge in [-0.2, -0.15) is 0 Å². The molecule has 29 heavy (non-hydrogen) atoms. The van der Waals surface area contributed by atoms with Gasteiger partial charge in [0.05, 0.1) is 10.9 Å². The predicted molar refractivity (Wildman–Crippen MR) is 110 cm³/mol. The van der Waals surface area contributed by atoms with Crippen LogP contribution < -0.4 is 14.9 Å². The van der Waals surface area contributed by atoms with Crippen LogP contribution in [0, 0.1) is 0 Å². The summed E-state index contributed by atoms with van der Waals surface area (Å²) in [5.41, 5.74) is 2.42. The van der Waals surface area contributed by atoms with Gasteiger partial charge in [-0.05, 0) is 23.8 Å². The van der Waals surface area contributed by atoms with Gasteiger partial charge in [-0.25, -0.2) is 0 Å². The molecule has 0 spiro atoms. The number of hydrogen-bond acceptors (Lipinski definition) is 5. The fraction of sp³-hybridized carbons (Fsp3) is 0.0833. The van der Waals surface area contributed by atoms with E-state index < -0.39 is 0 Å². The maximum atomic E-state index is 12.8. The molecule has 0 radical (unpaired) electrons. The molecule has 0 aliphatic heterocycles. The molecule has 5 heteroatoms. The van der Waals surface area contributed by atoms with Crippen molar-refractivity contribution in [1.29, 1.82) is 0 Å². The van der Waals surface area contributed by atoms with E-state index >= 15 is 0 Å². The second-order valence-corrected chi connectivity index (χ2v) is 6.49. The van der Waals surface area contributed by atoms with Gasteiger partial charge in [-0.3, -0.25) is 9.59 Å². The lowest BCUT2D eigenvalue weighted by Crippen LogP contribution is -2.06. The molecular weight excluding hydrogens is 368 g/mol. The van der Waals surface area contributed by atoms with Crippen LogP contribution in [-0.4, -0.2) is 5.97 Å². The number of esters is 1. The van der Waals surface area contributed by atoms with Crippen molar-refractivity contribution in [2.75, 3.05) is 0 Å². The average molecular weight is 386 g/mol. The van der Waals surface area contributed by atoms with Crippen molar-refractivity contribution >= 4 is 16.9 Å². The monoisotopic (exact) mass is 386 g/mol. The molecule has 0 amide bonds. The third-order valence-electron chi connectivity index (χ3n) is 4.45. The molecule has 5 nitrogen and oxygen atoms in total. The van der Waals surface area contributed by atoms with E-state index in [1.807, 2.05) is 42.5 Å². The molecule has 0 atom stereocenters. The highest BCUT2D eigenvalue weighted by atomic mass is 16.5. The quantitative estimate of drug-likeness (QED) is 0.358. The standard InChI is InChI=1S/C24H18O5/c1-16(25)29-22-10-6-5-9-18(22)14-27-19-11-12-20-23(13-19)28-15-21(24(20)26)17-7-3-2-4-8-17/h2-13,15H,14H2,1H3. The smallest absolute Gasteiger partial charge is 0.308 e. The van der Waals surface area contributed by atoms with Crippen LogP contribution in [0.1, 0.15) is 12.5 Å². The fourth-order valence-corrected chi connectivity index (χ4v) is 3.05. The molecule has 0 aliphatic carbocycles. The average Bonchev–Trinajstić information content (AvgIpc) is 2.73. The Hall–Kier alpha value is -3.86. The zero-order valence-electron chi connectivity index (χ0n) is 15.8. The summed E-state index contributed by atoms with van der Waals surface area (Å²) in [6, 6.07) is 21.7. The molecule has 1 heterocycles. The maximum Gasteiger partial charge on any atom is 0.308 e. The number of ether oxygens (including phenoxy) is 2. The summed E-state index contributed by atoms with van der Waals surface area (Å²) in [4.78, 5) is 24.1. The Morgan fingerprint density at radius 3 is 2.52 bits per heavy atom. The summed E-state index contributed by atoms with van der Waals surface area (Å²) in [5.74, 6) is 0.615. The first-order chi connectivity index (χ1) is 14.1. The summed E-state index contributed by atoms with van der Waals surface area (Å²) in [6.45, 7) is 1.56. The molecule has 1 aromatic heterocycles. The van der Waals surface area contributed by atoms with Gasteiger partial charge in [0.1, 0.15) is 30.0 Å². The van der Waals surface area contributed by atoms with Crippen molar-refractivity contribution in [3.8, 4) is 22.6 Å². The largest absolute Gasteiger partial charge is 0.489 e. The van der Waals surface area contributed by atoms with Crippen LogP contribution in [-0.2, 0) is 11.4 Å². The number of benzene rings is 3. The van der Waals surface area contributed by atoms with E-state index in [0.717, 1.165) is 11.1 Å². The van der Waals surface area contributed by atoms with Crippen LogP contribution in [0.5, 0.6) is 11.5 Å². The highest BCUT2D eigenvalue weighted by Gasteiger charge is 2.11. The Morgan fingerprint density at radius 2 is 1.72 bits per heavy atom. The van der Waals surface area contributed by atoms with E-state index in [4.69, 9.17) is 13.9 Å². The molecule has 4 aromatic rings. The first-order valence-electron chi connectivity index (χ1n) is 9.12. The Morgan fingerprint density at radius 1 is 0.966 bits per heavy atom. The zero-order valence-corrected chi connectivity index (χ0v) is 15.8. The lowest BCUT2D eigenvalue weighted by Gasteiger charge is -2.11. The molecule has 0 bridgehead atoms. The van der Waals surface area contributed by atoms with Gasteiger partial charge in [0.15, 0.2) is 5.43 Å². The number of para-hydroxylation sites is 1. The Labute approximate surface area is 167 Å². The molecule has 3 aromatic carbocycles. The summed E-state index contributed by atoms with van der Waals surface area (Å²) in [6.07, 6.45) is 1.47. The van der Waals surface area contributed by atoms with Crippen molar-refractivity contribution in [3.63, 3.8) is 0 Å². The first-order valence-corrected chi connectivity index (χ1v) is 9.12. The van der Waals surface area contributed by atoms with Gasteiger partial charge < -0.3 is 13.9 Å².